The van der Waals surface area contributed by atoms with E-state index in [4.69, 9.17) is 4.52 Å². The third-order valence-electron chi connectivity index (χ3n) is 5.32. The van der Waals surface area contributed by atoms with Crippen LogP contribution in [0, 0.1) is 6.92 Å². The molecule has 0 saturated carbocycles. The Kier molecular flexibility index (Phi) is 8.19. The molecule has 1 aromatic heterocycles. The number of benzene rings is 1. The molecule has 0 atom stereocenters. The Morgan fingerprint density at radius 2 is 1.79 bits per heavy atom. The van der Waals surface area contributed by atoms with Gasteiger partial charge in [0.25, 0.3) is 0 Å². The molecule has 7 nitrogen and oxygen atoms in total. The summed E-state index contributed by atoms with van der Waals surface area (Å²) in [7, 11) is 0. The average Bonchev–Trinajstić information content (AvgIpc) is 3.21. The number of carbonyl (C=O) groups excluding carboxylic acids is 1. The van der Waals surface area contributed by atoms with Crippen molar-refractivity contribution < 1.29 is 9.32 Å². The van der Waals surface area contributed by atoms with Crippen LogP contribution in [0.1, 0.15) is 37.6 Å². The van der Waals surface area contributed by atoms with E-state index in [-0.39, 0.29) is 5.91 Å². The van der Waals surface area contributed by atoms with Crippen LogP contribution in [0.2, 0.25) is 0 Å². The van der Waals surface area contributed by atoms with Gasteiger partial charge in [0, 0.05) is 51.1 Å². The standard InChI is InChI=1S/C22H33N5O2/c1-3-12-26-14-16-27(17-15-26)13-4-11-23-20(28)9-10-21-24-22(25-29-21)19-7-5-18(2)6-8-19/h5-8H,3-4,9-17H2,1-2H3,(H,23,28). The second-order valence-electron chi connectivity index (χ2n) is 7.76. The molecule has 0 aliphatic carbocycles. The van der Waals surface area contributed by atoms with E-state index in [1.807, 2.05) is 31.2 Å². The third kappa shape index (κ3) is 6.94. The zero-order valence-corrected chi connectivity index (χ0v) is 17.7. The summed E-state index contributed by atoms with van der Waals surface area (Å²) < 4.78 is 5.28. The molecule has 2 heterocycles. The van der Waals surface area contributed by atoms with Gasteiger partial charge in [0.15, 0.2) is 0 Å². The van der Waals surface area contributed by atoms with Gasteiger partial charge in [0.2, 0.25) is 17.6 Å². The van der Waals surface area contributed by atoms with E-state index in [1.54, 1.807) is 0 Å². The molecule has 0 bridgehead atoms. The maximum absolute atomic E-state index is 12.1. The van der Waals surface area contributed by atoms with Crippen LogP contribution in [0.15, 0.2) is 28.8 Å². The molecule has 1 N–H and O–H groups in total. The number of piperazine rings is 1. The molecule has 7 heteroatoms. The molecule has 1 saturated heterocycles. The van der Waals surface area contributed by atoms with Crippen molar-refractivity contribution in [2.24, 2.45) is 0 Å². The van der Waals surface area contributed by atoms with Gasteiger partial charge in [0.1, 0.15) is 0 Å². The zero-order valence-electron chi connectivity index (χ0n) is 17.7. The normalized spacial score (nSPS) is 15.5. The summed E-state index contributed by atoms with van der Waals surface area (Å²) in [6.07, 6.45) is 3.04. The van der Waals surface area contributed by atoms with E-state index in [9.17, 15) is 4.79 Å². The molecular weight excluding hydrogens is 366 g/mol. The molecule has 1 aliphatic heterocycles. The van der Waals surface area contributed by atoms with Crippen molar-refractivity contribution >= 4 is 5.91 Å². The summed E-state index contributed by atoms with van der Waals surface area (Å²) in [4.78, 5) is 21.5. The Morgan fingerprint density at radius 1 is 1.10 bits per heavy atom. The Bertz CT molecular complexity index is 751. The fourth-order valence-electron chi connectivity index (χ4n) is 3.57. The minimum absolute atomic E-state index is 0.0350. The summed E-state index contributed by atoms with van der Waals surface area (Å²) in [6, 6.07) is 7.98. The SMILES string of the molecule is CCCN1CCN(CCCNC(=O)CCc2nc(-c3ccc(C)cc3)no2)CC1. The van der Waals surface area contributed by atoms with Gasteiger partial charge >= 0.3 is 0 Å². The number of aromatic nitrogens is 2. The van der Waals surface area contributed by atoms with Crippen molar-refractivity contribution in [3.8, 4) is 11.4 Å². The van der Waals surface area contributed by atoms with E-state index in [1.165, 1.54) is 18.5 Å². The summed E-state index contributed by atoms with van der Waals surface area (Å²) in [5.74, 6) is 1.10. The lowest BCUT2D eigenvalue weighted by Crippen LogP contribution is -2.47. The fraction of sp³-hybridized carbons (Fsp3) is 0.591. The van der Waals surface area contributed by atoms with Gasteiger partial charge in [0.05, 0.1) is 0 Å². The monoisotopic (exact) mass is 399 g/mol. The number of nitrogens with one attached hydrogen (secondary N) is 1. The van der Waals surface area contributed by atoms with Crippen molar-refractivity contribution in [3.63, 3.8) is 0 Å². The van der Waals surface area contributed by atoms with E-state index in [0.29, 0.717) is 31.1 Å². The van der Waals surface area contributed by atoms with Crippen LogP contribution in [0.5, 0.6) is 0 Å². The summed E-state index contributed by atoms with van der Waals surface area (Å²) in [6.45, 7) is 11.8. The molecule has 0 spiro atoms. The second kappa shape index (κ2) is 11.1. The van der Waals surface area contributed by atoms with Crippen molar-refractivity contribution in [3.05, 3.63) is 35.7 Å². The molecule has 1 aromatic carbocycles. The molecule has 1 fully saturated rings. The van der Waals surface area contributed by atoms with Crippen LogP contribution in [0.25, 0.3) is 11.4 Å². The van der Waals surface area contributed by atoms with Gasteiger partial charge in [-0.05, 0) is 32.9 Å². The van der Waals surface area contributed by atoms with Gasteiger partial charge in [-0.15, -0.1) is 0 Å². The van der Waals surface area contributed by atoms with Gasteiger partial charge in [-0.2, -0.15) is 4.98 Å². The van der Waals surface area contributed by atoms with Crippen molar-refractivity contribution in [1.82, 2.24) is 25.3 Å². The molecule has 3 rings (SSSR count). The van der Waals surface area contributed by atoms with Gasteiger partial charge in [-0.1, -0.05) is 41.9 Å². The fourth-order valence-corrected chi connectivity index (χ4v) is 3.57. The number of rotatable bonds is 10. The van der Waals surface area contributed by atoms with Crippen molar-refractivity contribution in [2.45, 2.75) is 39.5 Å². The Labute approximate surface area is 173 Å². The highest BCUT2D eigenvalue weighted by Crippen LogP contribution is 2.16. The number of nitrogens with zero attached hydrogens (tertiary/aromatic N) is 4. The second-order valence-corrected chi connectivity index (χ2v) is 7.76. The van der Waals surface area contributed by atoms with Crippen LogP contribution in [-0.4, -0.2) is 71.7 Å². The van der Waals surface area contributed by atoms with Crippen LogP contribution in [0.4, 0.5) is 0 Å². The molecule has 0 unspecified atom stereocenters. The first-order valence-electron chi connectivity index (χ1n) is 10.7. The molecule has 2 aromatic rings. The maximum atomic E-state index is 12.1. The van der Waals surface area contributed by atoms with E-state index < -0.39 is 0 Å². The van der Waals surface area contributed by atoms with E-state index >= 15 is 0 Å². The largest absolute Gasteiger partial charge is 0.356 e. The molecule has 1 amide bonds. The number of hydrogen-bond acceptors (Lipinski definition) is 6. The maximum Gasteiger partial charge on any atom is 0.227 e. The van der Waals surface area contributed by atoms with Crippen molar-refractivity contribution in [1.29, 1.82) is 0 Å². The Balaban J connectivity index is 1.29. The molecule has 1 aliphatic rings. The smallest absolute Gasteiger partial charge is 0.227 e. The summed E-state index contributed by atoms with van der Waals surface area (Å²) in [5, 5.41) is 7.01. The average molecular weight is 400 g/mol. The first-order valence-corrected chi connectivity index (χ1v) is 10.7. The highest BCUT2D eigenvalue weighted by molar-refractivity contribution is 5.75. The van der Waals surface area contributed by atoms with Crippen molar-refractivity contribution in [2.75, 3.05) is 45.8 Å². The predicted molar refractivity (Wildman–Crippen MR) is 114 cm³/mol. The van der Waals surface area contributed by atoms with Gasteiger partial charge in [-0.25, -0.2) is 0 Å². The predicted octanol–water partition coefficient (Wildman–Crippen LogP) is 2.51. The Hall–Kier alpha value is -2.25. The van der Waals surface area contributed by atoms with Crippen LogP contribution in [0.3, 0.4) is 0 Å². The summed E-state index contributed by atoms with van der Waals surface area (Å²) in [5.41, 5.74) is 2.11. The highest BCUT2D eigenvalue weighted by atomic mass is 16.5. The molecule has 0 radical (unpaired) electrons. The third-order valence-corrected chi connectivity index (χ3v) is 5.32. The minimum Gasteiger partial charge on any atom is -0.356 e. The van der Waals surface area contributed by atoms with Crippen LogP contribution < -0.4 is 5.32 Å². The molecule has 158 valence electrons. The van der Waals surface area contributed by atoms with Gasteiger partial charge < -0.3 is 19.6 Å². The lowest BCUT2D eigenvalue weighted by Gasteiger charge is -2.34. The lowest BCUT2D eigenvalue weighted by molar-refractivity contribution is -0.121. The number of aryl methyl sites for hydroxylation is 2. The first-order chi connectivity index (χ1) is 14.1. The number of carbonyl (C=O) groups is 1. The Morgan fingerprint density at radius 3 is 2.48 bits per heavy atom. The van der Waals surface area contributed by atoms with Gasteiger partial charge in [-0.3, -0.25) is 4.79 Å². The zero-order chi connectivity index (χ0) is 20.5. The minimum atomic E-state index is 0.0350. The summed E-state index contributed by atoms with van der Waals surface area (Å²) >= 11 is 0. The number of hydrogen-bond donors (Lipinski definition) is 1. The highest BCUT2D eigenvalue weighted by Gasteiger charge is 2.15. The quantitative estimate of drug-likeness (QED) is 0.619. The topological polar surface area (TPSA) is 74.5 Å². The first kappa shape index (κ1) is 21.5. The van der Waals surface area contributed by atoms with Crippen LogP contribution in [-0.2, 0) is 11.2 Å². The lowest BCUT2D eigenvalue weighted by atomic mass is 10.1. The number of amides is 1. The van der Waals surface area contributed by atoms with E-state index in [2.05, 4.69) is 32.2 Å². The molecular formula is C22H33N5O2. The van der Waals surface area contributed by atoms with Crippen LogP contribution >= 0.6 is 0 Å². The molecule has 29 heavy (non-hydrogen) atoms. The van der Waals surface area contributed by atoms with E-state index in [0.717, 1.165) is 44.7 Å².